The van der Waals surface area contributed by atoms with Crippen molar-refractivity contribution < 1.29 is 4.79 Å². The Labute approximate surface area is 134 Å². The summed E-state index contributed by atoms with van der Waals surface area (Å²) in [5.41, 5.74) is 1.64. The molecule has 3 aromatic rings. The van der Waals surface area contributed by atoms with Gasteiger partial charge in [0.05, 0.1) is 11.7 Å². The number of amides is 2. The number of nitrogens with one attached hydrogen (secondary N) is 3. The summed E-state index contributed by atoms with van der Waals surface area (Å²) in [5.74, 6) is 1.07. The largest absolute Gasteiger partial charge is 0.338 e. The van der Waals surface area contributed by atoms with E-state index in [1.807, 2.05) is 30.6 Å². The van der Waals surface area contributed by atoms with Crippen LogP contribution in [0.5, 0.6) is 0 Å². The standard InChI is InChI=1S/C16H20N6O/c1-2-15-17-7-9-22(15)8-3-6-18-16(23)20-13-5-4-12-11-19-21-14(12)10-13/h4-5,7,9-11H,2-3,6,8H2,1H3,(H,19,21)(H2,18,20,23). The van der Waals surface area contributed by atoms with Crippen LogP contribution in [0.25, 0.3) is 10.9 Å². The fraction of sp³-hybridized carbons (Fsp3) is 0.312. The Morgan fingerprint density at radius 2 is 2.30 bits per heavy atom. The number of anilines is 1. The number of urea groups is 1. The Balaban J connectivity index is 1.44. The molecule has 0 aliphatic rings. The van der Waals surface area contributed by atoms with Crippen molar-refractivity contribution in [3.05, 3.63) is 42.6 Å². The molecular weight excluding hydrogens is 292 g/mol. The molecule has 0 bridgehead atoms. The molecule has 120 valence electrons. The Hall–Kier alpha value is -2.83. The van der Waals surface area contributed by atoms with Crippen LogP contribution >= 0.6 is 0 Å². The van der Waals surface area contributed by atoms with Crippen molar-refractivity contribution in [2.24, 2.45) is 0 Å². The third kappa shape index (κ3) is 3.68. The van der Waals surface area contributed by atoms with Gasteiger partial charge in [0.25, 0.3) is 0 Å². The van der Waals surface area contributed by atoms with E-state index in [-0.39, 0.29) is 6.03 Å². The van der Waals surface area contributed by atoms with E-state index in [0.717, 1.165) is 41.8 Å². The van der Waals surface area contributed by atoms with Crippen molar-refractivity contribution in [3.63, 3.8) is 0 Å². The molecule has 0 spiro atoms. The molecule has 3 N–H and O–H groups in total. The van der Waals surface area contributed by atoms with E-state index in [0.29, 0.717) is 6.54 Å². The third-order valence-corrected chi connectivity index (χ3v) is 3.68. The van der Waals surface area contributed by atoms with Gasteiger partial charge >= 0.3 is 6.03 Å². The van der Waals surface area contributed by atoms with Crippen LogP contribution in [-0.4, -0.2) is 32.3 Å². The lowest BCUT2D eigenvalue weighted by Gasteiger charge is -2.09. The first-order valence-corrected chi connectivity index (χ1v) is 7.74. The second-order valence-electron chi connectivity index (χ2n) is 5.30. The fourth-order valence-electron chi connectivity index (χ4n) is 2.50. The number of aromatic amines is 1. The highest BCUT2D eigenvalue weighted by Gasteiger charge is 2.04. The Morgan fingerprint density at radius 1 is 1.39 bits per heavy atom. The van der Waals surface area contributed by atoms with Gasteiger partial charge in [0.15, 0.2) is 0 Å². The summed E-state index contributed by atoms with van der Waals surface area (Å²) < 4.78 is 2.12. The number of hydrogen-bond acceptors (Lipinski definition) is 3. The fourth-order valence-corrected chi connectivity index (χ4v) is 2.50. The number of imidazole rings is 1. The van der Waals surface area contributed by atoms with Gasteiger partial charge in [-0.05, 0) is 24.6 Å². The van der Waals surface area contributed by atoms with Crippen LogP contribution in [0.1, 0.15) is 19.2 Å². The molecule has 0 saturated carbocycles. The Bertz CT molecular complexity index is 791. The van der Waals surface area contributed by atoms with Crippen molar-refractivity contribution in [3.8, 4) is 0 Å². The molecule has 0 fully saturated rings. The lowest BCUT2D eigenvalue weighted by Crippen LogP contribution is -2.30. The molecule has 0 aliphatic heterocycles. The molecule has 0 radical (unpaired) electrons. The molecule has 0 atom stereocenters. The minimum Gasteiger partial charge on any atom is -0.338 e. The molecule has 2 amide bonds. The van der Waals surface area contributed by atoms with Gasteiger partial charge < -0.3 is 15.2 Å². The Morgan fingerprint density at radius 3 is 3.17 bits per heavy atom. The highest BCUT2D eigenvalue weighted by atomic mass is 16.2. The lowest BCUT2D eigenvalue weighted by molar-refractivity contribution is 0.252. The van der Waals surface area contributed by atoms with E-state index in [4.69, 9.17) is 0 Å². The summed E-state index contributed by atoms with van der Waals surface area (Å²) in [6.45, 7) is 3.55. The molecule has 7 nitrogen and oxygen atoms in total. The molecule has 0 unspecified atom stereocenters. The number of aromatic nitrogens is 4. The van der Waals surface area contributed by atoms with Gasteiger partial charge in [-0.3, -0.25) is 5.10 Å². The second kappa shape index (κ2) is 6.95. The number of carbonyl (C=O) groups is 1. The third-order valence-electron chi connectivity index (χ3n) is 3.68. The van der Waals surface area contributed by atoms with Crippen LogP contribution in [0.3, 0.4) is 0 Å². The first-order valence-electron chi connectivity index (χ1n) is 7.74. The number of aryl methyl sites for hydroxylation is 2. The van der Waals surface area contributed by atoms with Crippen LogP contribution in [0.15, 0.2) is 36.8 Å². The van der Waals surface area contributed by atoms with Gasteiger partial charge in [-0.15, -0.1) is 0 Å². The van der Waals surface area contributed by atoms with E-state index in [1.165, 1.54) is 0 Å². The predicted octanol–water partition coefficient (Wildman–Crippen LogP) is 2.53. The zero-order valence-corrected chi connectivity index (χ0v) is 13.0. The highest BCUT2D eigenvalue weighted by Crippen LogP contribution is 2.16. The van der Waals surface area contributed by atoms with E-state index in [9.17, 15) is 4.79 Å². The molecule has 23 heavy (non-hydrogen) atoms. The summed E-state index contributed by atoms with van der Waals surface area (Å²) in [4.78, 5) is 16.2. The van der Waals surface area contributed by atoms with Crippen molar-refractivity contribution in [1.29, 1.82) is 0 Å². The lowest BCUT2D eigenvalue weighted by atomic mass is 10.2. The number of benzene rings is 1. The average molecular weight is 312 g/mol. The number of rotatable bonds is 6. The number of hydrogen-bond donors (Lipinski definition) is 3. The summed E-state index contributed by atoms with van der Waals surface area (Å²) in [5, 5.41) is 13.5. The van der Waals surface area contributed by atoms with Gasteiger partial charge in [0.2, 0.25) is 0 Å². The van der Waals surface area contributed by atoms with E-state index in [2.05, 4.69) is 37.3 Å². The second-order valence-corrected chi connectivity index (χ2v) is 5.30. The van der Waals surface area contributed by atoms with Crippen LogP contribution in [-0.2, 0) is 13.0 Å². The smallest absolute Gasteiger partial charge is 0.319 e. The topological polar surface area (TPSA) is 87.6 Å². The van der Waals surface area contributed by atoms with Crippen molar-refractivity contribution in [2.45, 2.75) is 26.3 Å². The van der Waals surface area contributed by atoms with E-state index in [1.54, 1.807) is 6.20 Å². The van der Waals surface area contributed by atoms with Crippen LogP contribution in [0.4, 0.5) is 10.5 Å². The number of H-pyrrole nitrogens is 1. The maximum Gasteiger partial charge on any atom is 0.319 e. The number of nitrogens with zero attached hydrogens (tertiary/aromatic N) is 3. The number of fused-ring (bicyclic) bond motifs is 1. The number of carbonyl (C=O) groups excluding carboxylic acids is 1. The van der Waals surface area contributed by atoms with Gasteiger partial charge in [-0.2, -0.15) is 5.10 Å². The molecule has 0 saturated heterocycles. The van der Waals surface area contributed by atoms with E-state index < -0.39 is 0 Å². The predicted molar refractivity (Wildman–Crippen MR) is 89.3 cm³/mol. The van der Waals surface area contributed by atoms with Crippen molar-refractivity contribution in [2.75, 3.05) is 11.9 Å². The molecular formula is C16H20N6O. The zero-order chi connectivity index (χ0) is 16.1. The molecule has 2 heterocycles. The normalized spacial score (nSPS) is 10.8. The van der Waals surface area contributed by atoms with Gasteiger partial charge in [-0.25, -0.2) is 9.78 Å². The first-order chi connectivity index (χ1) is 11.3. The minimum absolute atomic E-state index is 0.204. The van der Waals surface area contributed by atoms with Crippen LogP contribution < -0.4 is 10.6 Å². The molecule has 7 heteroatoms. The maximum atomic E-state index is 11.9. The van der Waals surface area contributed by atoms with Gasteiger partial charge in [0, 0.05) is 43.0 Å². The SMILES string of the molecule is CCc1nccn1CCCNC(=O)Nc1ccc2cn[nH]c2c1. The minimum atomic E-state index is -0.204. The monoisotopic (exact) mass is 312 g/mol. The molecule has 0 aliphatic carbocycles. The summed E-state index contributed by atoms with van der Waals surface area (Å²) >= 11 is 0. The summed E-state index contributed by atoms with van der Waals surface area (Å²) in [7, 11) is 0. The summed E-state index contributed by atoms with van der Waals surface area (Å²) in [6.07, 6.45) is 7.30. The van der Waals surface area contributed by atoms with Crippen LogP contribution in [0, 0.1) is 0 Å². The average Bonchev–Trinajstić information content (AvgIpc) is 3.19. The van der Waals surface area contributed by atoms with Crippen molar-refractivity contribution in [1.82, 2.24) is 25.1 Å². The quantitative estimate of drug-likeness (QED) is 0.611. The molecule has 2 aromatic heterocycles. The van der Waals surface area contributed by atoms with E-state index >= 15 is 0 Å². The van der Waals surface area contributed by atoms with Crippen LogP contribution in [0.2, 0.25) is 0 Å². The Kier molecular flexibility index (Phi) is 4.56. The highest BCUT2D eigenvalue weighted by molar-refractivity contribution is 5.92. The summed E-state index contributed by atoms with van der Waals surface area (Å²) in [6, 6.07) is 5.43. The zero-order valence-electron chi connectivity index (χ0n) is 13.0. The van der Waals surface area contributed by atoms with Crippen molar-refractivity contribution >= 4 is 22.6 Å². The maximum absolute atomic E-state index is 11.9. The molecule has 1 aromatic carbocycles. The van der Waals surface area contributed by atoms with Gasteiger partial charge in [0.1, 0.15) is 5.82 Å². The van der Waals surface area contributed by atoms with Gasteiger partial charge in [-0.1, -0.05) is 6.92 Å². The molecule has 3 rings (SSSR count). The first kappa shape index (κ1) is 15.1.